The lowest BCUT2D eigenvalue weighted by Gasteiger charge is -1.95. The van der Waals surface area contributed by atoms with Gasteiger partial charge in [0.2, 0.25) is 0 Å². The maximum Gasteiger partial charge on any atom is 0.151 e. The van der Waals surface area contributed by atoms with Crippen molar-refractivity contribution in [2.45, 2.75) is 0 Å². The molecule has 0 saturated carbocycles. The van der Waals surface area contributed by atoms with E-state index in [9.17, 15) is 4.91 Å². The Morgan fingerprint density at radius 2 is 2.60 bits per heavy atom. The van der Waals surface area contributed by atoms with Crippen molar-refractivity contribution in [1.29, 1.82) is 0 Å². The number of anilines is 1. The zero-order valence-corrected chi connectivity index (χ0v) is 5.19. The van der Waals surface area contributed by atoms with E-state index in [1.54, 1.807) is 12.3 Å². The fraction of sp³-hybridized carbons (Fsp3) is 0.200. The summed E-state index contributed by atoms with van der Waals surface area (Å²) in [6.45, 7) is 0.0387. The van der Waals surface area contributed by atoms with Crippen LogP contribution in [-0.2, 0) is 0 Å². The number of aromatic nitrogens is 2. The van der Waals surface area contributed by atoms with E-state index in [0.717, 1.165) is 0 Å². The average Bonchev–Trinajstić information content (AvgIpc) is 2.03. The molecule has 10 heavy (non-hydrogen) atoms. The minimum atomic E-state index is 0.0387. The Morgan fingerprint density at radius 3 is 3.20 bits per heavy atom. The fourth-order valence-electron chi connectivity index (χ4n) is 0.509. The number of hydrogen-bond donors (Lipinski definition) is 1. The number of rotatable bonds is 3. The van der Waals surface area contributed by atoms with E-state index < -0.39 is 0 Å². The summed E-state index contributed by atoms with van der Waals surface area (Å²) < 4.78 is 0. The third kappa shape index (κ3) is 1.77. The molecule has 0 amide bonds. The van der Waals surface area contributed by atoms with Crippen molar-refractivity contribution in [1.82, 2.24) is 9.97 Å². The van der Waals surface area contributed by atoms with Gasteiger partial charge in [0.25, 0.3) is 0 Å². The quantitative estimate of drug-likeness (QED) is 0.621. The second-order valence-electron chi connectivity index (χ2n) is 1.56. The molecule has 0 radical (unpaired) electrons. The largest absolute Gasteiger partial charge is 0.348 e. The summed E-state index contributed by atoms with van der Waals surface area (Å²) in [5.41, 5.74) is 0. The smallest absolute Gasteiger partial charge is 0.151 e. The molecule has 5 heteroatoms. The van der Waals surface area contributed by atoms with Crippen LogP contribution < -0.4 is 5.32 Å². The molecule has 0 aliphatic heterocycles. The van der Waals surface area contributed by atoms with Crippen LogP contribution in [0.3, 0.4) is 0 Å². The molecule has 0 fully saturated rings. The van der Waals surface area contributed by atoms with E-state index in [0.29, 0.717) is 5.82 Å². The van der Waals surface area contributed by atoms with Crippen LogP contribution in [0.15, 0.2) is 23.8 Å². The van der Waals surface area contributed by atoms with E-state index in [1.165, 1.54) is 6.33 Å². The minimum Gasteiger partial charge on any atom is -0.348 e. The fourth-order valence-corrected chi connectivity index (χ4v) is 0.509. The van der Waals surface area contributed by atoms with Gasteiger partial charge in [0.05, 0.1) is 0 Å². The molecule has 0 saturated heterocycles. The summed E-state index contributed by atoms with van der Waals surface area (Å²) >= 11 is 0. The van der Waals surface area contributed by atoms with Gasteiger partial charge in [0.15, 0.2) is 6.67 Å². The molecule has 0 spiro atoms. The zero-order chi connectivity index (χ0) is 7.23. The van der Waals surface area contributed by atoms with Gasteiger partial charge in [-0.2, -0.15) is 0 Å². The van der Waals surface area contributed by atoms with Crippen LogP contribution in [-0.4, -0.2) is 16.6 Å². The van der Waals surface area contributed by atoms with Crippen molar-refractivity contribution in [2.75, 3.05) is 12.0 Å². The van der Waals surface area contributed by atoms with Gasteiger partial charge in [-0.05, 0) is 11.2 Å². The molecule has 0 aliphatic rings. The van der Waals surface area contributed by atoms with Crippen molar-refractivity contribution in [3.8, 4) is 0 Å². The second kappa shape index (κ2) is 3.49. The van der Waals surface area contributed by atoms with Gasteiger partial charge in [-0.15, -0.1) is 4.91 Å². The summed E-state index contributed by atoms with van der Waals surface area (Å²) in [7, 11) is 0. The van der Waals surface area contributed by atoms with Crippen LogP contribution in [0, 0.1) is 4.91 Å². The third-order valence-electron chi connectivity index (χ3n) is 0.907. The normalized spacial score (nSPS) is 8.80. The summed E-state index contributed by atoms with van der Waals surface area (Å²) in [6, 6.07) is 1.66. The van der Waals surface area contributed by atoms with Crippen molar-refractivity contribution in [2.24, 2.45) is 5.18 Å². The van der Waals surface area contributed by atoms with Crippen molar-refractivity contribution >= 4 is 5.82 Å². The minimum absolute atomic E-state index is 0.0387. The predicted molar refractivity (Wildman–Crippen MR) is 36.3 cm³/mol. The monoisotopic (exact) mass is 138 g/mol. The predicted octanol–water partition coefficient (Wildman–Crippen LogP) is 0.612. The van der Waals surface area contributed by atoms with Crippen LogP contribution in [0.2, 0.25) is 0 Å². The van der Waals surface area contributed by atoms with Crippen LogP contribution in [0.4, 0.5) is 5.82 Å². The third-order valence-corrected chi connectivity index (χ3v) is 0.907. The first-order chi connectivity index (χ1) is 4.93. The Balaban J connectivity index is 2.50. The molecule has 0 unspecified atom stereocenters. The van der Waals surface area contributed by atoms with Gasteiger partial charge < -0.3 is 5.32 Å². The van der Waals surface area contributed by atoms with Crippen molar-refractivity contribution < 1.29 is 0 Å². The summed E-state index contributed by atoms with van der Waals surface area (Å²) in [5, 5.41) is 5.27. The topological polar surface area (TPSA) is 67.2 Å². The maximum atomic E-state index is 9.62. The maximum absolute atomic E-state index is 9.62. The van der Waals surface area contributed by atoms with E-state index >= 15 is 0 Å². The van der Waals surface area contributed by atoms with Crippen LogP contribution in [0.5, 0.6) is 0 Å². The summed E-state index contributed by atoms with van der Waals surface area (Å²) in [5.74, 6) is 0.606. The highest BCUT2D eigenvalue weighted by Gasteiger charge is 1.87. The standard InChI is InChI=1S/C5H6N4O/c10-9-4-8-5-1-2-6-3-7-5/h1-3H,4H2,(H,6,7,8). The molecule has 1 aromatic rings. The second-order valence-corrected chi connectivity index (χ2v) is 1.56. The highest BCUT2D eigenvalue weighted by Crippen LogP contribution is 1.95. The first kappa shape index (κ1) is 6.60. The summed E-state index contributed by atoms with van der Waals surface area (Å²) in [6.07, 6.45) is 2.98. The number of nitrogens with zero attached hydrogens (tertiary/aromatic N) is 3. The first-order valence-corrected chi connectivity index (χ1v) is 2.72. The molecule has 0 atom stereocenters. The molecular weight excluding hydrogens is 132 g/mol. The zero-order valence-electron chi connectivity index (χ0n) is 5.19. The van der Waals surface area contributed by atoms with Crippen molar-refractivity contribution in [3.63, 3.8) is 0 Å². The Labute approximate surface area is 57.5 Å². The Hall–Kier alpha value is -1.52. The number of nitrogens with one attached hydrogen (secondary N) is 1. The van der Waals surface area contributed by atoms with Crippen LogP contribution in [0.25, 0.3) is 0 Å². The van der Waals surface area contributed by atoms with Crippen molar-refractivity contribution in [3.05, 3.63) is 23.5 Å². The molecule has 52 valence electrons. The molecule has 0 bridgehead atoms. The van der Waals surface area contributed by atoms with Gasteiger partial charge in [0.1, 0.15) is 12.1 Å². The molecule has 1 N–H and O–H groups in total. The van der Waals surface area contributed by atoms with Gasteiger partial charge in [0, 0.05) is 6.20 Å². The molecule has 5 nitrogen and oxygen atoms in total. The number of hydrogen-bond acceptors (Lipinski definition) is 5. The van der Waals surface area contributed by atoms with E-state index in [1.807, 2.05) is 0 Å². The summed E-state index contributed by atoms with van der Waals surface area (Å²) in [4.78, 5) is 17.1. The lowest BCUT2D eigenvalue weighted by molar-refractivity contribution is 1.07. The SMILES string of the molecule is O=NCNc1ccncn1. The Kier molecular flexibility index (Phi) is 2.31. The molecule has 1 heterocycles. The van der Waals surface area contributed by atoms with Gasteiger partial charge >= 0.3 is 0 Å². The lowest BCUT2D eigenvalue weighted by Crippen LogP contribution is -1.99. The molecule has 1 aromatic heterocycles. The Bertz CT molecular complexity index is 200. The van der Waals surface area contributed by atoms with Crippen LogP contribution >= 0.6 is 0 Å². The lowest BCUT2D eigenvalue weighted by atomic mass is 10.6. The first-order valence-electron chi connectivity index (χ1n) is 2.72. The van der Waals surface area contributed by atoms with E-state index in [4.69, 9.17) is 0 Å². The highest BCUT2D eigenvalue weighted by atomic mass is 16.3. The van der Waals surface area contributed by atoms with Gasteiger partial charge in [-0.25, -0.2) is 9.97 Å². The van der Waals surface area contributed by atoms with Gasteiger partial charge in [-0.1, -0.05) is 0 Å². The molecular formula is C5H6N4O. The van der Waals surface area contributed by atoms with E-state index in [-0.39, 0.29) is 6.67 Å². The van der Waals surface area contributed by atoms with Crippen LogP contribution in [0.1, 0.15) is 0 Å². The molecule has 0 aliphatic carbocycles. The highest BCUT2D eigenvalue weighted by molar-refractivity contribution is 5.30. The molecule has 0 aromatic carbocycles. The molecule has 1 rings (SSSR count). The van der Waals surface area contributed by atoms with Gasteiger partial charge in [-0.3, -0.25) is 0 Å². The van der Waals surface area contributed by atoms with E-state index in [2.05, 4.69) is 20.5 Å². The number of nitroso groups, excluding NO2 is 1. The average molecular weight is 138 g/mol. The Morgan fingerprint density at radius 1 is 1.70 bits per heavy atom.